The number of nitrogens with zero attached hydrogens (tertiary/aromatic N) is 2. The number of piperidine rings is 1. The number of aliphatic hydroxyl groups excluding tert-OH is 1. The van der Waals surface area contributed by atoms with Gasteiger partial charge in [-0.1, -0.05) is 11.6 Å². The predicted octanol–water partition coefficient (Wildman–Crippen LogP) is 3.38. The molecule has 1 aromatic rings. The van der Waals surface area contributed by atoms with E-state index < -0.39 is 11.4 Å². The van der Waals surface area contributed by atoms with E-state index in [1.807, 2.05) is 4.90 Å². The van der Waals surface area contributed by atoms with E-state index in [4.69, 9.17) is 11.6 Å². The summed E-state index contributed by atoms with van der Waals surface area (Å²) in [6.07, 6.45) is 5.77. The molecular weight excluding hydrogens is 383 g/mol. The molecule has 1 saturated carbocycles. The van der Waals surface area contributed by atoms with E-state index >= 15 is 0 Å². The fourth-order valence-electron chi connectivity index (χ4n) is 5.18. The molecule has 0 aromatic heterocycles. The molecule has 2 saturated heterocycles. The molecule has 2 amide bonds. The molecule has 0 bridgehead atoms. The molecule has 7 heteroatoms. The number of aliphatic hydroxyl groups is 1. The van der Waals surface area contributed by atoms with E-state index in [0.717, 1.165) is 38.5 Å². The summed E-state index contributed by atoms with van der Waals surface area (Å²) < 4.78 is 13.5. The highest BCUT2D eigenvalue weighted by Gasteiger charge is 2.53. The van der Waals surface area contributed by atoms with Gasteiger partial charge in [-0.25, -0.2) is 4.39 Å². The van der Waals surface area contributed by atoms with Crippen molar-refractivity contribution in [2.75, 3.05) is 13.1 Å². The molecule has 4 rings (SSSR count). The lowest BCUT2D eigenvalue weighted by Gasteiger charge is -2.48. The zero-order valence-corrected chi connectivity index (χ0v) is 16.6. The number of hydrogen-bond acceptors (Lipinski definition) is 3. The van der Waals surface area contributed by atoms with Crippen LogP contribution in [0, 0.1) is 5.82 Å². The van der Waals surface area contributed by atoms with Gasteiger partial charge in [-0.15, -0.1) is 0 Å². The minimum atomic E-state index is -0.799. The van der Waals surface area contributed by atoms with Crippen molar-refractivity contribution in [3.63, 3.8) is 0 Å². The summed E-state index contributed by atoms with van der Waals surface area (Å²) in [5.41, 5.74) is -0.481. The molecule has 28 heavy (non-hydrogen) atoms. The fourth-order valence-corrected chi connectivity index (χ4v) is 5.36. The van der Waals surface area contributed by atoms with Crippen molar-refractivity contribution >= 4 is 23.4 Å². The number of benzene rings is 1. The van der Waals surface area contributed by atoms with E-state index in [1.54, 1.807) is 4.90 Å². The lowest BCUT2D eigenvalue weighted by atomic mass is 9.82. The van der Waals surface area contributed by atoms with E-state index in [1.165, 1.54) is 18.2 Å². The summed E-state index contributed by atoms with van der Waals surface area (Å²) in [5.74, 6) is -0.776. The summed E-state index contributed by atoms with van der Waals surface area (Å²) in [7, 11) is 0. The Morgan fingerprint density at radius 2 is 1.82 bits per heavy atom. The summed E-state index contributed by atoms with van der Waals surface area (Å²) in [6, 6.07) is 4.12. The smallest absolute Gasteiger partial charge is 0.254 e. The summed E-state index contributed by atoms with van der Waals surface area (Å²) in [5, 5.41) is 9.70. The molecule has 1 unspecified atom stereocenters. The number of likely N-dealkylation sites (tertiary alicyclic amines) is 2. The lowest BCUT2D eigenvalue weighted by molar-refractivity contribution is -0.149. The van der Waals surface area contributed by atoms with Crippen LogP contribution in [0.2, 0.25) is 5.02 Å². The van der Waals surface area contributed by atoms with Gasteiger partial charge in [0.1, 0.15) is 11.4 Å². The van der Waals surface area contributed by atoms with E-state index in [-0.39, 0.29) is 29.0 Å². The molecule has 3 aliphatic rings. The topological polar surface area (TPSA) is 60.9 Å². The van der Waals surface area contributed by atoms with Crippen molar-refractivity contribution in [1.82, 2.24) is 9.80 Å². The average molecular weight is 409 g/mol. The first kappa shape index (κ1) is 19.6. The fraction of sp³-hybridized carbons (Fsp3) is 0.619. The molecule has 1 atom stereocenters. The Morgan fingerprint density at radius 3 is 2.50 bits per heavy atom. The van der Waals surface area contributed by atoms with Crippen LogP contribution in [-0.4, -0.2) is 57.5 Å². The second-order valence-electron chi connectivity index (χ2n) is 8.29. The third kappa shape index (κ3) is 3.30. The first-order valence-corrected chi connectivity index (χ1v) is 10.6. The van der Waals surface area contributed by atoms with E-state index in [0.29, 0.717) is 31.5 Å². The van der Waals surface area contributed by atoms with E-state index in [2.05, 4.69) is 0 Å². The van der Waals surface area contributed by atoms with Crippen LogP contribution in [0.5, 0.6) is 0 Å². The Kier molecular flexibility index (Phi) is 5.36. The molecular formula is C21H26ClFN2O3. The van der Waals surface area contributed by atoms with Crippen molar-refractivity contribution in [2.24, 2.45) is 0 Å². The molecule has 1 aliphatic carbocycles. The molecule has 1 N–H and O–H groups in total. The zero-order chi connectivity index (χ0) is 19.9. The first-order chi connectivity index (χ1) is 13.4. The van der Waals surface area contributed by atoms with Gasteiger partial charge in [-0.05, 0) is 69.6 Å². The van der Waals surface area contributed by atoms with Crippen molar-refractivity contribution < 1.29 is 19.1 Å². The number of hydrogen-bond donors (Lipinski definition) is 1. The number of carbonyl (C=O) groups excluding carboxylic acids is 2. The molecule has 1 aromatic carbocycles. The Labute approximate surface area is 169 Å². The standard InChI is InChI=1S/C21H26ClFN2O3/c22-17-13-14(3-8-18(17)23)19(27)25-12-2-10-21(25)9-1-11-24(20(21)28)15-4-6-16(26)7-5-15/h3,8,13,15-16,26H,1-2,4-7,9-12H2. The van der Waals surface area contributed by atoms with Gasteiger partial charge in [0.25, 0.3) is 5.91 Å². The van der Waals surface area contributed by atoms with E-state index in [9.17, 15) is 19.1 Å². The van der Waals surface area contributed by atoms with Gasteiger partial charge < -0.3 is 14.9 Å². The Bertz CT molecular complexity index is 781. The normalized spacial score (nSPS) is 30.9. The van der Waals surface area contributed by atoms with Crippen LogP contribution in [0.3, 0.4) is 0 Å². The molecule has 2 aliphatic heterocycles. The molecule has 3 fully saturated rings. The molecule has 152 valence electrons. The monoisotopic (exact) mass is 408 g/mol. The number of rotatable bonds is 2. The largest absolute Gasteiger partial charge is 0.393 e. The van der Waals surface area contributed by atoms with Gasteiger partial charge in [-0.3, -0.25) is 9.59 Å². The van der Waals surface area contributed by atoms with Crippen molar-refractivity contribution in [1.29, 1.82) is 0 Å². The Morgan fingerprint density at radius 1 is 1.14 bits per heavy atom. The molecule has 5 nitrogen and oxygen atoms in total. The van der Waals surface area contributed by atoms with Crippen LogP contribution in [-0.2, 0) is 4.79 Å². The molecule has 1 spiro atoms. The highest BCUT2D eigenvalue weighted by Crippen LogP contribution is 2.41. The maximum Gasteiger partial charge on any atom is 0.254 e. The molecule has 2 heterocycles. The third-order valence-electron chi connectivity index (χ3n) is 6.66. The van der Waals surface area contributed by atoms with Gasteiger partial charge >= 0.3 is 0 Å². The summed E-state index contributed by atoms with van der Waals surface area (Å²) in [4.78, 5) is 30.4. The Hall–Kier alpha value is -1.66. The quantitative estimate of drug-likeness (QED) is 0.816. The predicted molar refractivity (Wildman–Crippen MR) is 104 cm³/mol. The highest BCUT2D eigenvalue weighted by molar-refractivity contribution is 6.31. The third-order valence-corrected chi connectivity index (χ3v) is 6.95. The molecule has 0 radical (unpaired) electrons. The highest BCUT2D eigenvalue weighted by atomic mass is 35.5. The maximum absolute atomic E-state index is 13.6. The van der Waals surface area contributed by atoms with Gasteiger partial charge in [0.2, 0.25) is 5.91 Å². The summed E-state index contributed by atoms with van der Waals surface area (Å²) in [6.45, 7) is 1.24. The SMILES string of the molecule is O=C(c1ccc(F)c(Cl)c1)N1CCCC12CCCN(C1CCC(O)CC1)C2=O. The van der Waals surface area contributed by atoms with Gasteiger partial charge in [0.05, 0.1) is 11.1 Å². The number of halogens is 2. The van der Waals surface area contributed by atoms with Crippen molar-refractivity contribution in [3.05, 3.63) is 34.6 Å². The number of amides is 2. The second kappa shape index (κ2) is 7.64. The van der Waals surface area contributed by atoms with Crippen LogP contribution in [0.4, 0.5) is 4.39 Å². The number of carbonyl (C=O) groups is 2. The van der Waals surface area contributed by atoms with Crippen LogP contribution < -0.4 is 0 Å². The zero-order valence-electron chi connectivity index (χ0n) is 15.9. The average Bonchev–Trinajstić information content (AvgIpc) is 3.11. The summed E-state index contributed by atoms with van der Waals surface area (Å²) >= 11 is 5.87. The minimum Gasteiger partial charge on any atom is -0.393 e. The van der Waals surface area contributed by atoms with Gasteiger partial charge in [0, 0.05) is 24.7 Å². The maximum atomic E-state index is 13.6. The second-order valence-corrected chi connectivity index (χ2v) is 8.69. The Balaban J connectivity index is 1.58. The first-order valence-electron chi connectivity index (χ1n) is 10.2. The van der Waals surface area contributed by atoms with Crippen molar-refractivity contribution in [2.45, 2.75) is 69.1 Å². The lowest BCUT2D eigenvalue weighted by Crippen LogP contribution is -2.63. The minimum absolute atomic E-state index is 0.0409. The van der Waals surface area contributed by atoms with Crippen LogP contribution in [0.25, 0.3) is 0 Å². The van der Waals surface area contributed by atoms with Crippen LogP contribution in [0.15, 0.2) is 18.2 Å². The van der Waals surface area contributed by atoms with Crippen LogP contribution in [0.1, 0.15) is 61.7 Å². The van der Waals surface area contributed by atoms with Gasteiger partial charge in [-0.2, -0.15) is 0 Å². The van der Waals surface area contributed by atoms with Gasteiger partial charge in [0.15, 0.2) is 0 Å². The van der Waals surface area contributed by atoms with Crippen LogP contribution >= 0.6 is 11.6 Å². The van der Waals surface area contributed by atoms with Crippen molar-refractivity contribution in [3.8, 4) is 0 Å².